The van der Waals surface area contributed by atoms with E-state index in [0.717, 1.165) is 23.0 Å². The maximum atomic E-state index is 11.8. The minimum absolute atomic E-state index is 0.0721. The summed E-state index contributed by atoms with van der Waals surface area (Å²) in [4.78, 5) is 11.8. The average molecular weight is 255 g/mol. The van der Waals surface area contributed by atoms with Gasteiger partial charge < -0.3 is 9.88 Å². The van der Waals surface area contributed by atoms with Crippen LogP contribution in [0.2, 0.25) is 0 Å². The lowest BCUT2D eigenvalue weighted by Crippen LogP contribution is -2.32. The molecule has 1 fully saturated rings. The minimum Gasteiger partial charge on any atom is -0.348 e. The fourth-order valence-corrected chi connectivity index (χ4v) is 2.97. The van der Waals surface area contributed by atoms with Crippen LogP contribution in [0.5, 0.6) is 0 Å². The van der Waals surface area contributed by atoms with Gasteiger partial charge in [-0.2, -0.15) is 0 Å². The first-order chi connectivity index (χ1) is 6.74. The lowest BCUT2D eigenvalue weighted by Gasteiger charge is -2.13. The summed E-state index contributed by atoms with van der Waals surface area (Å²) in [7, 11) is 0. The van der Waals surface area contributed by atoms with Crippen LogP contribution in [-0.2, 0) is 0 Å². The SMILES string of the molecule is O=C1N[C@@H]2CC[C@@H](C2)n2cc(Br)cc21. The van der Waals surface area contributed by atoms with E-state index in [2.05, 4.69) is 25.8 Å². The van der Waals surface area contributed by atoms with Gasteiger partial charge in [0.05, 0.1) is 0 Å². The van der Waals surface area contributed by atoms with E-state index in [1.807, 2.05) is 12.3 Å². The summed E-state index contributed by atoms with van der Waals surface area (Å²) in [5, 5.41) is 3.06. The highest BCUT2D eigenvalue weighted by molar-refractivity contribution is 9.10. The third kappa shape index (κ3) is 1.13. The largest absolute Gasteiger partial charge is 0.348 e. The van der Waals surface area contributed by atoms with Crippen molar-refractivity contribution in [3.05, 3.63) is 22.4 Å². The number of hydrogen-bond donors (Lipinski definition) is 1. The van der Waals surface area contributed by atoms with Crippen molar-refractivity contribution in [1.29, 1.82) is 0 Å². The van der Waals surface area contributed by atoms with Gasteiger partial charge in [0, 0.05) is 22.8 Å². The highest BCUT2D eigenvalue weighted by atomic mass is 79.9. The Morgan fingerprint density at radius 2 is 2.36 bits per heavy atom. The van der Waals surface area contributed by atoms with Crippen LogP contribution in [0.25, 0.3) is 0 Å². The van der Waals surface area contributed by atoms with Crippen LogP contribution in [0.3, 0.4) is 0 Å². The molecule has 1 saturated carbocycles. The number of halogens is 1. The first kappa shape index (κ1) is 8.53. The van der Waals surface area contributed by atoms with E-state index in [9.17, 15) is 4.79 Å². The smallest absolute Gasteiger partial charge is 0.268 e. The van der Waals surface area contributed by atoms with E-state index in [4.69, 9.17) is 0 Å². The number of hydrogen-bond acceptors (Lipinski definition) is 1. The van der Waals surface area contributed by atoms with E-state index in [1.165, 1.54) is 6.42 Å². The Balaban J connectivity index is 2.14. The fourth-order valence-electron chi connectivity index (χ4n) is 2.53. The Hall–Kier alpha value is -0.770. The van der Waals surface area contributed by atoms with Gasteiger partial charge in [-0.1, -0.05) is 0 Å². The number of aromatic nitrogens is 1. The van der Waals surface area contributed by atoms with Gasteiger partial charge in [-0.05, 0) is 41.3 Å². The third-order valence-electron chi connectivity index (χ3n) is 3.18. The summed E-state index contributed by atoms with van der Waals surface area (Å²) in [6.07, 6.45) is 5.40. The zero-order valence-electron chi connectivity index (χ0n) is 7.66. The van der Waals surface area contributed by atoms with E-state index in [0.29, 0.717) is 12.1 Å². The minimum atomic E-state index is 0.0721. The van der Waals surface area contributed by atoms with Gasteiger partial charge in [-0.15, -0.1) is 0 Å². The Morgan fingerprint density at radius 3 is 3.21 bits per heavy atom. The molecule has 0 aromatic carbocycles. The van der Waals surface area contributed by atoms with Crippen LogP contribution in [-0.4, -0.2) is 16.5 Å². The second kappa shape index (κ2) is 2.86. The molecule has 1 N–H and O–H groups in total. The average Bonchev–Trinajstić information content (AvgIpc) is 2.68. The molecule has 0 unspecified atom stereocenters. The molecular weight excluding hydrogens is 244 g/mol. The molecule has 1 aromatic rings. The molecule has 1 aliphatic carbocycles. The number of amides is 1. The van der Waals surface area contributed by atoms with E-state index in [1.54, 1.807) is 0 Å². The number of nitrogens with zero attached hydrogens (tertiary/aromatic N) is 1. The molecule has 4 heteroatoms. The molecule has 2 atom stereocenters. The lowest BCUT2D eigenvalue weighted by molar-refractivity contribution is 0.0933. The molecule has 2 bridgehead atoms. The molecule has 0 radical (unpaired) electrons. The predicted octanol–water partition coefficient (Wildman–Crippen LogP) is 2.09. The number of rotatable bonds is 0. The molecule has 2 heterocycles. The van der Waals surface area contributed by atoms with Crippen molar-refractivity contribution in [2.24, 2.45) is 0 Å². The van der Waals surface area contributed by atoms with Crippen molar-refractivity contribution in [1.82, 2.24) is 9.88 Å². The molecule has 0 spiro atoms. The Kier molecular flexibility index (Phi) is 1.74. The maximum absolute atomic E-state index is 11.8. The van der Waals surface area contributed by atoms with Crippen LogP contribution >= 0.6 is 15.9 Å². The van der Waals surface area contributed by atoms with E-state index >= 15 is 0 Å². The first-order valence-electron chi connectivity index (χ1n) is 4.92. The molecule has 3 rings (SSSR count). The molecule has 2 aliphatic rings. The Labute approximate surface area is 90.6 Å². The summed E-state index contributed by atoms with van der Waals surface area (Å²) >= 11 is 3.41. The second-order valence-corrected chi connectivity index (χ2v) is 5.00. The molecule has 74 valence electrons. The lowest BCUT2D eigenvalue weighted by atomic mass is 10.2. The molecule has 0 saturated heterocycles. The zero-order valence-corrected chi connectivity index (χ0v) is 9.25. The van der Waals surface area contributed by atoms with Crippen LogP contribution < -0.4 is 5.32 Å². The standard InChI is InChI=1S/C10H11BrN2O/c11-6-3-9-10(14)12-7-1-2-8(4-7)13(9)5-6/h3,5,7-8H,1-2,4H2,(H,12,14)/t7-,8+/m1/s1. The van der Waals surface area contributed by atoms with Crippen molar-refractivity contribution in [3.63, 3.8) is 0 Å². The van der Waals surface area contributed by atoms with Crippen LogP contribution in [0, 0.1) is 0 Å². The van der Waals surface area contributed by atoms with Gasteiger partial charge in [-0.25, -0.2) is 0 Å². The molecular formula is C10H11BrN2O. The second-order valence-electron chi connectivity index (χ2n) is 4.09. The van der Waals surface area contributed by atoms with Crippen molar-refractivity contribution >= 4 is 21.8 Å². The number of carbonyl (C=O) groups excluding carboxylic acids is 1. The molecule has 3 nitrogen and oxygen atoms in total. The van der Waals surface area contributed by atoms with E-state index < -0.39 is 0 Å². The first-order valence-corrected chi connectivity index (χ1v) is 5.71. The summed E-state index contributed by atoms with van der Waals surface area (Å²) in [6, 6.07) is 2.81. The quantitative estimate of drug-likeness (QED) is 0.756. The van der Waals surface area contributed by atoms with Gasteiger partial charge >= 0.3 is 0 Å². The van der Waals surface area contributed by atoms with E-state index in [-0.39, 0.29) is 5.91 Å². The van der Waals surface area contributed by atoms with Crippen molar-refractivity contribution in [2.45, 2.75) is 31.3 Å². The van der Waals surface area contributed by atoms with Crippen LogP contribution in [0.4, 0.5) is 0 Å². The third-order valence-corrected chi connectivity index (χ3v) is 3.62. The maximum Gasteiger partial charge on any atom is 0.268 e. The van der Waals surface area contributed by atoms with Gasteiger partial charge in [0.15, 0.2) is 0 Å². The van der Waals surface area contributed by atoms with Crippen LogP contribution in [0.1, 0.15) is 35.8 Å². The molecule has 1 aromatic heterocycles. The Morgan fingerprint density at radius 1 is 1.50 bits per heavy atom. The fraction of sp³-hybridized carbons (Fsp3) is 0.500. The summed E-state index contributed by atoms with van der Waals surface area (Å²) in [5.74, 6) is 0.0721. The highest BCUT2D eigenvalue weighted by Crippen LogP contribution is 2.35. The summed E-state index contributed by atoms with van der Waals surface area (Å²) in [5.41, 5.74) is 0.795. The van der Waals surface area contributed by atoms with Crippen molar-refractivity contribution in [2.75, 3.05) is 0 Å². The number of fused-ring (bicyclic) bond motifs is 4. The molecule has 1 aliphatic heterocycles. The van der Waals surface area contributed by atoms with Crippen molar-refractivity contribution < 1.29 is 4.79 Å². The number of carbonyl (C=O) groups is 1. The molecule has 1 amide bonds. The normalized spacial score (nSPS) is 29.6. The number of nitrogens with one attached hydrogen (secondary N) is 1. The van der Waals surface area contributed by atoms with Crippen molar-refractivity contribution in [3.8, 4) is 0 Å². The topological polar surface area (TPSA) is 34.0 Å². The van der Waals surface area contributed by atoms with Crippen LogP contribution in [0.15, 0.2) is 16.7 Å². The van der Waals surface area contributed by atoms with Gasteiger partial charge in [0.2, 0.25) is 0 Å². The Bertz CT molecular complexity index is 399. The summed E-state index contributed by atoms with van der Waals surface area (Å²) < 4.78 is 3.11. The zero-order chi connectivity index (χ0) is 9.71. The predicted molar refractivity (Wildman–Crippen MR) is 56.3 cm³/mol. The van der Waals surface area contributed by atoms with Gasteiger partial charge in [0.25, 0.3) is 5.91 Å². The monoisotopic (exact) mass is 254 g/mol. The van der Waals surface area contributed by atoms with Gasteiger partial charge in [-0.3, -0.25) is 4.79 Å². The highest BCUT2D eigenvalue weighted by Gasteiger charge is 2.33. The molecule has 14 heavy (non-hydrogen) atoms. The van der Waals surface area contributed by atoms with Gasteiger partial charge in [0.1, 0.15) is 5.69 Å². The summed E-state index contributed by atoms with van der Waals surface area (Å²) in [6.45, 7) is 0.